The van der Waals surface area contributed by atoms with E-state index in [1.54, 1.807) is 24.4 Å². The van der Waals surface area contributed by atoms with Gasteiger partial charge in [0, 0.05) is 25.7 Å². The third kappa shape index (κ3) is 2.18. The van der Waals surface area contributed by atoms with Crippen molar-refractivity contribution in [2.75, 3.05) is 13.1 Å². The lowest BCUT2D eigenvalue weighted by Crippen LogP contribution is -2.22. The molecule has 0 aliphatic carbocycles. The minimum absolute atomic E-state index is 0.0111. The van der Waals surface area contributed by atoms with Gasteiger partial charge in [-0.15, -0.1) is 0 Å². The van der Waals surface area contributed by atoms with E-state index in [0.29, 0.717) is 30.9 Å². The molecule has 0 amide bonds. The maximum Gasteiger partial charge on any atom is 0.352 e. The van der Waals surface area contributed by atoms with E-state index >= 15 is 0 Å². The molecular weight excluding hydrogens is 248 g/mol. The molecule has 7 nitrogen and oxygen atoms in total. The molecule has 1 aliphatic rings. The van der Waals surface area contributed by atoms with Crippen molar-refractivity contribution in [3.63, 3.8) is 0 Å². The first-order valence-electron chi connectivity index (χ1n) is 6.16. The summed E-state index contributed by atoms with van der Waals surface area (Å²) in [6, 6.07) is 5.29. The van der Waals surface area contributed by atoms with Gasteiger partial charge in [-0.25, -0.2) is 4.98 Å². The smallest absolute Gasteiger partial charge is 0.352 e. The van der Waals surface area contributed by atoms with E-state index in [-0.39, 0.29) is 11.9 Å². The topological polar surface area (TPSA) is 83.9 Å². The quantitative estimate of drug-likeness (QED) is 0.653. The fourth-order valence-electron chi connectivity index (χ4n) is 2.50. The van der Waals surface area contributed by atoms with Crippen LogP contribution in [0.5, 0.6) is 0 Å². The van der Waals surface area contributed by atoms with E-state index in [0.717, 1.165) is 6.54 Å². The minimum Gasteiger partial charge on any atom is -0.392 e. The normalized spacial score (nSPS) is 20.2. The van der Waals surface area contributed by atoms with Gasteiger partial charge in [-0.3, -0.25) is 4.90 Å². The fraction of sp³-hybridized carbons (Fsp3) is 0.417. The van der Waals surface area contributed by atoms with Crippen molar-refractivity contribution < 1.29 is 10.0 Å². The van der Waals surface area contributed by atoms with E-state index in [1.807, 2.05) is 4.90 Å². The van der Waals surface area contributed by atoms with Gasteiger partial charge in [-0.1, -0.05) is 6.07 Å². The first kappa shape index (κ1) is 12.1. The lowest BCUT2D eigenvalue weighted by Gasteiger charge is -2.12. The summed E-state index contributed by atoms with van der Waals surface area (Å²) in [5.74, 6) is 0.0111. The van der Waals surface area contributed by atoms with E-state index in [4.69, 9.17) is 0 Å². The summed E-state index contributed by atoms with van der Waals surface area (Å²) in [6.07, 6.45) is 2.01. The summed E-state index contributed by atoms with van der Waals surface area (Å²) >= 11 is 0. The number of aliphatic hydroxyl groups excluding tert-OH is 1. The van der Waals surface area contributed by atoms with Crippen LogP contribution in [0.2, 0.25) is 0 Å². The molecule has 0 aromatic carbocycles. The Morgan fingerprint density at radius 3 is 3.05 bits per heavy atom. The molecule has 1 N–H and O–H groups in total. The lowest BCUT2D eigenvalue weighted by atomic mass is 10.3. The predicted octanol–water partition coefficient (Wildman–Crippen LogP) is 0.809. The van der Waals surface area contributed by atoms with Crippen LogP contribution in [0.15, 0.2) is 24.4 Å². The first-order valence-corrected chi connectivity index (χ1v) is 6.16. The molecule has 2 aromatic heterocycles. The van der Waals surface area contributed by atoms with E-state index in [1.165, 1.54) is 4.40 Å². The van der Waals surface area contributed by atoms with E-state index in [9.17, 15) is 15.2 Å². The molecule has 2 aromatic rings. The Balaban J connectivity index is 1.98. The number of pyridine rings is 1. The van der Waals surface area contributed by atoms with Crippen LogP contribution >= 0.6 is 0 Å². The molecule has 1 saturated heterocycles. The number of nitrogens with zero attached hydrogens (tertiary/aromatic N) is 4. The summed E-state index contributed by atoms with van der Waals surface area (Å²) in [4.78, 5) is 17.1. The first-order chi connectivity index (χ1) is 9.15. The zero-order chi connectivity index (χ0) is 13.4. The van der Waals surface area contributed by atoms with Gasteiger partial charge in [-0.2, -0.15) is 4.40 Å². The molecule has 0 saturated carbocycles. The SMILES string of the molecule is O=[N+]([O-])c1c(CN2CC[C@@H](O)C2)nc2ccccn12. The second kappa shape index (κ2) is 4.60. The van der Waals surface area contributed by atoms with Crippen LogP contribution < -0.4 is 0 Å². The second-order valence-electron chi connectivity index (χ2n) is 4.75. The summed E-state index contributed by atoms with van der Waals surface area (Å²) in [5, 5.41) is 20.7. The molecule has 19 heavy (non-hydrogen) atoms. The Morgan fingerprint density at radius 2 is 2.37 bits per heavy atom. The number of aliphatic hydroxyl groups is 1. The number of rotatable bonds is 3. The van der Waals surface area contributed by atoms with Crippen molar-refractivity contribution in [1.29, 1.82) is 0 Å². The molecule has 1 aliphatic heterocycles. The Hall–Kier alpha value is -1.99. The molecule has 0 unspecified atom stereocenters. The largest absolute Gasteiger partial charge is 0.392 e. The number of aromatic nitrogens is 2. The van der Waals surface area contributed by atoms with Crippen LogP contribution in [-0.4, -0.2) is 43.5 Å². The monoisotopic (exact) mass is 262 g/mol. The Morgan fingerprint density at radius 1 is 1.53 bits per heavy atom. The summed E-state index contributed by atoms with van der Waals surface area (Å²) in [5.41, 5.74) is 1.02. The molecule has 1 atom stereocenters. The van der Waals surface area contributed by atoms with Crippen molar-refractivity contribution in [3.05, 3.63) is 40.2 Å². The van der Waals surface area contributed by atoms with Crippen molar-refractivity contribution in [2.45, 2.75) is 19.1 Å². The number of imidazole rings is 1. The Bertz CT molecular complexity index is 624. The third-order valence-electron chi connectivity index (χ3n) is 3.37. The number of hydrogen-bond acceptors (Lipinski definition) is 5. The van der Waals surface area contributed by atoms with Gasteiger partial charge in [0.2, 0.25) is 5.65 Å². The van der Waals surface area contributed by atoms with E-state index < -0.39 is 4.92 Å². The van der Waals surface area contributed by atoms with Gasteiger partial charge in [0.05, 0.1) is 12.3 Å². The number of nitro groups is 1. The highest BCUT2D eigenvalue weighted by atomic mass is 16.6. The molecule has 3 heterocycles. The minimum atomic E-state index is -0.401. The van der Waals surface area contributed by atoms with Crippen LogP contribution in [-0.2, 0) is 6.54 Å². The van der Waals surface area contributed by atoms with Gasteiger partial charge in [0.25, 0.3) is 0 Å². The molecule has 100 valence electrons. The van der Waals surface area contributed by atoms with Gasteiger partial charge in [0.1, 0.15) is 0 Å². The molecule has 7 heteroatoms. The molecule has 0 radical (unpaired) electrons. The molecule has 0 spiro atoms. The van der Waals surface area contributed by atoms with Crippen LogP contribution in [0.4, 0.5) is 5.82 Å². The van der Waals surface area contributed by atoms with Gasteiger partial charge < -0.3 is 15.2 Å². The summed E-state index contributed by atoms with van der Waals surface area (Å²) in [7, 11) is 0. The zero-order valence-electron chi connectivity index (χ0n) is 10.3. The van der Waals surface area contributed by atoms with Gasteiger partial charge in [-0.05, 0) is 17.4 Å². The van der Waals surface area contributed by atoms with Crippen LogP contribution in [0.1, 0.15) is 12.1 Å². The maximum atomic E-state index is 11.2. The van der Waals surface area contributed by atoms with Crippen LogP contribution in [0.25, 0.3) is 5.65 Å². The number of fused-ring (bicyclic) bond motifs is 1. The lowest BCUT2D eigenvalue weighted by molar-refractivity contribution is -0.391. The predicted molar refractivity (Wildman–Crippen MR) is 67.7 cm³/mol. The molecule has 0 bridgehead atoms. The Labute approximate surface area is 109 Å². The van der Waals surface area contributed by atoms with Crippen molar-refractivity contribution in [3.8, 4) is 0 Å². The average molecular weight is 262 g/mol. The highest BCUT2D eigenvalue weighted by Crippen LogP contribution is 2.23. The maximum absolute atomic E-state index is 11.2. The molecular formula is C12H14N4O3. The third-order valence-corrected chi connectivity index (χ3v) is 3.37. The second-order valence-corrected chi connectivity index (χ2v) is 4.75. The highest BCUT2D eigenvalue weighted by Gasteiger charge is 2.27. The number of β-amino-alcohol motifs (C(OH)–C–C–N with tert-alkyl or cyclic N) is 1. The van der Waals surface area contributed by atoms with E-state index in [2.05, 4.69) is 4.98 Å². The summed E-state index contributed by atoms with van der Waals surface area (Å²) in [6.45, 7) is 1.69. The summed E-state index contributed by atoms with van der Waals surface area (Å²) < 4.78 is 1.49. The molecule has 3 rings (SSSR count). The van der Waals surface area contributed by atoms with Gasteiger partial charge >= 0.3 is 5.82 Å². The highest BCUT2D eigenvalue weighted by molar-refractivity contribution is 5.48. The number of hydrogen-bond donors (Lipinski definition) is 1. The number of likely N-dealkylation sites (tertiary alicyclic amines) is 1. The zero-order valence-corrected chi connectivity index (χ0v) is 10.3. The fourth-order valence-corrected chi connectivity index (χ4v) is 2.50. The van der Waals surface area contributed by atoms with Crippen molar-refractivity contribution in [2.24, 2.45) is 0 Å². The van der Waals surface area contributed by atoms with Crippen molar-refractivity contribution in [1.82, 2.24) is 14.3 Å². The average Bonchev–Trinajstić information content (AvgIpc) is 2.92. The van der Waals surface area contributed by atoms with Crippen LogP contribution in [0.3, 0.4) is 0 Å². The van der Waals surface area contributed by atoms with Gasteiger partial charge in [0.15, 0.2) is 5.69 Å². The standard InChI is InChI=1S/C12H14N4O3/c17-9-4-6-14(7-9)8-10-12(16(18)19)15-5-2-1-3-11(15)13-10/h1-3,5,9,17H,4,6-8H2/t9-/m1/s1. The van der Waals surface area contributed by atoms with Crippen molar-refractivity contribution >= 4 is 11.5 Å². The Kier molecular flexibility index (Phi) is 2.92. The van der Waals surface area contributed by atoms with Crippen LogP contribution in [0, 0.1) is 10.1 Å². The molecule has 1 fully saturated rings.